The topological polar surface area (TPSA) is 77.7 Å². The summed E-state index contributed by atoms with van der Waals surface area (Å²) >= 11 is 0. The lowest BCUT2D eigenvalue weighted by Gasteiger charge is -2.06. The minimum absolute atomic E-state index is 1.27. The van der Waals surface area contributed by atoms with Crippen LogP contribution in [0.1, 0.15) is 11.4 Å². The second-order valence-electron chi connectivity index (χ2n) is 2.76. The van der Waals surface area contributed by atoms with Crippen molar-refractivity contribution in [1.29, 1.82) is 0 Å². The van der Waals surface area contributed by atoms with Gasteiger partial charge in [0.1, 0.15) is 0 Å². The third kappa shape index (κ3) is 3.80. The van der Waals surface area contributed by atoms with Gasteiger partial charge >= 0.3 is 12.4 Å². The standard InChI is InChI=1S/C4HF6N3.C2H5N3/c5-3(6,7)1-2(4(8,9)10)12-13-11-1;1-2-4-5-3-1/h(H,11,12,13);1-5H. The summed E-state index contributed by atoms with van der Waals surface area (Å²) in [6.45, 7) is 0. The number of halogens is 6. The van der Waals surface area contributed by atoms with Gasteiger partial charge in [0.15, 0.2) is 11.4 Å². The van der Waals surface area contributed by atoms with Crippen LogP contribution in [0, 0.1) is 0 Å². The highest BCUT2D eigenvalue weighted by atomic mass is 19.4. The molecule has 1 aromatic rings. The first-order chi connectivity index (χ1) is 8.23. The highest BCUT2D eigenvalue weighted by molar-refractivity contribution is 5.15. The molecule has 4 N–H and O–H groups in total. The fourth-order valence-electron chi connectivity index (χ4n) is 0.835. The van der Waals surface area contributed by atoms with E-state index in [-0.39, 0.29) is 0 Å². The monoisotopic (exact) mass is 276 g/mol. The number of aromatic amines is 1. The first kappa shape index (κ1) is 14.1. The SMILES string of the molecule is C1=CNNN1.FC(F)(F)c1n[nH]nc1C(F)(F)F. The van der Waals surface area contributed by atoms with E-state index >= 15 is 0 Å². The fraction of sp³-hybridized carbons (Fsp3) is 0.333. The van der Waals surface area contributed by atoms with E-state index in [2.05, 4.69) is 26.6 Å². The van der Waals surface area contributed by atoms with Gasteiger partial charge in [0, 0.05) is 12.4 Å². The molecule has 12 heteroatoms. The zero-order valence-corrected chi connectivity index (χ0v) is 8.32. The summed E-state index contributed by atoms with van der Waals surface area (Å²) in [5, 5.41) is 6.02. The van der Waals surface area contributed by atoms with Crippen LogP contribution >= 0.6 is 0 Å². The number of hydrogen-bond acceptors (Lipinski definition) is 5. The van der Waals surface area contributed by atoms with Crippen molar-refractivity contribution in [3.8, 4) is 0 Å². The Kier molecular flexibility index (Phi) is 4.00. The van der Waals surface area contributed by atoms with Gasteiger partial charge in [-0.05, 0) is 0 Å². The molecular formula is C6H6F6N6. The average molecular weight is 276 g/mol. The quantitative estimate of drug-likeness (QED) is 0.530. The van der Waals surface area contributed by atoms with Gasteiger partial charge in [-0.15, -0.1) is 0 Å². The molecule has 1 aromatic heterocycles. The summed E-state index contributed by atoms with van der Waals surface area (Å²) in [6.07, 6.45) is -6.78. The van der Waals surface area contributed by atoms with Crippen LogP contribution in [-0.2, 0) is 12.4 Å². The number of alkyl halides is 6. The van der Waals surface area contributed by atoms with Crippen LogP contribution in [0.3, 0.4) is 0 Å². The van der Waals surface area contributed by atoms with E-state index in [0.717, 1.165) is 0 Å². The van der Waals surface area contributed by atoms with E-state index in [1.807, 2.05) is 0 Å². The van der Waals surface area contributed by atoms with Crippen molar-refractivity contribution in [2.75, 3.05) is 0 Å². The Balaban J connectivity index is 0.000000269. The lowest BCUT2D eigenvalue weighted by molar-refractivity contribution is -0.165. The predicted octanol–water partition coefficient (Wildman–Crippen LogP) is 0.912. The number of nitrogens with zero attached hydrogens (tertiary/aromatic N) is 2. The number of nitrogens with one attached hydrogen (secondary N) is 4. The maximum Gasteiger partial charge on any atom is 0.437 e. The van der Waals surface area contributed by atoms with Crippen LogP contribution in [0.5, 0.6) is 0 Å². The Morgan fingerprint density at radius 1 is 0.778 bits per heavy atom. The van der Waals surface area contributed by atoms with Crippen molar-refractivity contribution in [1.82, 2.24) is 31.8 Å². The van der Waals surface area contributed by atoms with Gasteiger partial charge < -0.3 is 10.9 Å². The van der Waals surface area contributed by atoms with Crippen molar-refractivity contribution in [2.24, 2.45) is 0 Å². The summed E-state index contributed by atoms with van der Waals surface area (Å²) < 4.78 is 70.7. The van der Waals surface area contributed by atoms with Gasteiger partial charge in [-0.3, -0.25) is 0 Å². The van der Waals surface area contributed by atoms with E-state index in [9.17, 15) is 26.3 Å². The number of H-pyrrole nitrogens is 1. The molecule has 102 valence electrons. The second-order valence-corrected chi connectivity index (χ2v) is 2.76. The Morgan fingerprint density at radius 2 is 1.17 bits per heavy atom. The van der Waals surface area contributed by atoms with Crippen LogP contribution in [-0.4, -0.2) is 15.4 Å². The van der Waals surface area contributed by atoms with Crippen molar-refractivity contribution >= 4 is 0 Å². The maximum absolute atomic E-state index is 11.8. The molecule has 2 heterocycles. The van der Waals surface area contributed by atoms with Gasteiger partial charge in [0.2, 0.25) is 0 Å². The van der Waals surface area contributed by atoms with Crippen molar-refractivity contribution in [3.63, 3.8) is 0 Å². The van der Waals surface area contributed by atoms with Crippen molar-refractivity contribution in [2.45, 2.75) is 12.4 Å². The van der Waals surface area contributed by atoms with Gasteiger partial charge in [0.25, 0.3) is 0 Å². The third-order valence-corrected chi connectivity index (χ3v) is 1.48. The second kappa shape index (κ2) is 5.12. The molecule has 0 atom stereocenters. The predicted molar refractivity (Wildman–Crippen MR) is 44.9 cm³/mol. The number of aromatic nitrogens is 3. The van der Waals surface area contributed by atoms with E-state index in [1.54, 1.807) is 12.4 Å². The van der Waals surface area contributed by atoms with E-state index < -0.39 is 23.7 Å². The lowest BCUT2D eigenvalue weighted by atomic mass is 10.3. The molecular weight excluding hydrogens is 270 g/mol. The van der Waals surface area contributed by atoms with E-state index in [1.165, 1.54) is 5.21 Å². The Hall–Kier alpha value is -1.98. The summed E-state index contributed by atoms with van der Waals surface area (Å²) in [5.74, 6) is 0. The Bertz CT molecular complexity index is 371. The number of rotatable bonds is 0. The summed E-state index contributed by atoms with van der Waals surface area (Å²) in [6, 6.07) is 0. The molecule has 0 bridgehead atoms. The normalized spacial score (nSPS) is 14.6. The molecule has 0 saturated heterocycles. The number of hydrazine groups is 2. The van der Waals surface area contributed by atoms with Gasteiger partial charge in [-0.1, -0.05) is 0 Å². The first-order valence-corrected chi connectivity index (χ1v) is 4.19. The molecule has 1 aliphatic rings. The largest absolute Gasteiger partial charge is 0.437 e. The molecule has 0 amide bonds. The zero-order chi connectivity index (χ0) is 13.8. The van der Waals surface area contributed by atoms with E-state index in [4.69, 9.17) is 0 Å². The Morgan fingerprint density at radius 3 is 1.39 bits per heavy atom. The molecule has 0 spiro atoms. The molecule has 18 heavy (non-hydrogen) atoms. The molecule has 6 nitrogen and oxygen atoms in total. The highest BCUT2D eigenvalue weighted by Crippen LogP contribution is 2.37. The van der Waals surface area contributed by atoms with Gasteiger partial charge in [-0.2, -0.15) is 47.3 Å². The molecule has 0 aromatic carbocycles. The van der Waals surface area contributed by atoms with Crippen molar-refractivity contribution < 1.29 is 26.3 Å². The maximum atomic E-state index is 11.8. The van der Waals surface area contributed by atoms with Gasteiger partial charge in [0.05, 0.1) is 0 Å². The van der Waals surface area contributed by atoms with E-state index in [0.29, 0.717) is 0 Å². The molecule has 0 saturated carbocycles. The van der Waals surface area contributed by atoms with Crippen LogP contribution < -0.4 is 16.4 Å². The minimum Gasteiger partial charge on any atom is -0.310 e. The van der Waals surface area contributed by atoms with Gasteiger partial charge in [-0.25, -0.2) is 0 Å². The van der Waals surface area contributed by atoms with Crippen LogP contribution in [0.2, 0.25) is 0 Å². The highest BCUT2D eigenvalue weighted by Gasteiger charge is 2.47. The first-order valence-electron chi connectivity index (χ1n) is 4.19. The molecule has 0 radical (unpaired) electrons. The average Bonchev–Trinajstić information content (AvgIpc) is 2.91. The summed E-state index contributed by atoms with van der Waals surface area (Å²) in [5.41, 5.74) is 3.86. The zero-order valence-electron chi connectivity index (χ0n) is 8.32. The number of hydrogen-bond donors (Lipinski definition) is 4. The molecule has 2 rings (SSSR count). The van der Waals surface area contributed by atoms with Crippen LogP contribution in [0.25, 0.3) is 0 Å². The molecule has 0 aliphatic carbocycles. The Labute approximate surface area is 95.4 Å². The summed E-state index contributed by atoms with van der Waals surface area (Å²) in [7, 11) is 0. The smallest absolute Gasteiger partial charge is 0.310 e. The molecule has 1 aliphatic heterocycles. The lowest BCUT2D eigenvalue weighted by Crippen LogP contribution is -2.29. The molecule has 0 unspecified atom stereocenters. The van der Waals surface area contributed by atoms with Crippen LogP contribution in [0.15, 0.2) is 12.4 Å². The fourth-order valence-corrected chi connectivity index (χ4v) is 0.835. The third-order valence-electron chi connectivity index (χ3n) is 1.48. The summed E-state index contributed by atoms with van der Waals surface area (Å²) in [4.78, 5) is 0. The van der Waals surface area contributed by atoms with Crippen molar-refractivity contribution in [3.05, 3.63) is 23.8 Å². The minimum atomic E-state index is -5.15. The van der Waals surface area contributed by atoms with Crippen LogP contribution in [0.4, 0.5) is 26.3 Å². The molecule has 0 fully saturated rings.